The van der Waals surface area contributed by atoms with E-state index < -0.39 is 0 Å². The number of hydrogen-bond donors (Lipinski definition) is 2. The monoisotopic (exact) mass is 383 g/mol. The molecule has 2 fully saturated rings. The van der Waals surface area contributed by atoms with Crippen molar-refractivity contribution in [2.24, 2.45) is 5.92 Å². The zero-order valence-electron chi connectivity index (χ0n) is 16.1. The Morgan fingerprint density at radius 2 is 2.00 bits per heavy atom. The van der Waals surface area contributed by atoms with Gasteiger partial charge >= 0.3 is 0 Å². The van der Waals surface area contributed by atoms with Crippen molar-refractivity contribution >= 4 is 5.91 Å². The summed E-state index contributed by atoms with van der Waals surface area (Å²) in [5.74, 6) is 1.22. The first-order valence-corrected chi connectivity index (χ1v) is 9.99. The van der Waals surface area contributed by atoms with E-state index in [4.69, 9.17) is 0 Å². The molecule has 2 saturated heterocycles. The van der Waals surface area contributed by atoms with Gasteiger partial charge in [-0.3, -0.25) is 15.6 Å². The Balaban J connectivity index is 1.38. The van der Waals surface area contributed by atoms with Crippen molar-refractivity contribution in [3.05, 3.63) is 59.4 Å². The molecule has 2 aliphatic heterocycles. The number of hydrogen-bond acceptors (Lipinski definition) is 5. The number of carbonyl (C=O) groups excluding carboxylic acids is 1. The maximum atomic E-state index is 13.6. The number of nitrogens with zero attached hydrogens (tertiary/aromatic N) is 3. The highest BCUT2D eigenvalue weighted by molar-refractivity contribution is 5.93. The lowest BCUT2D eigenvalue weighted by molar-refractivity contribution is 0.0669. The Morgan fingerprint density at radius 1 is 1.25 bits per heavy atom. The molecule has 6 nitrogen and oxygen atoms in total. The number of likely N-dealkylation sites (tertiary alicyclic amines) is 1. The van der Waals surface area contributed by atoms with Crippen LogP contribution in [0.1, 0.15) is 47.4 Å². The van der Waals surface area contributed by atoms with Crippen molar-refractivity contribution in [1.82, 2.24) is 25.7 Å². The molecule has 0 spiro atoms. The molecule has 3 heterocycles. The van der Waals surface area contributed by atoms with Crippen molar-refractivity contribution < 1.29 is 9.18 Å². The Labute approximate surface area is 164 Å². The molecule has 0 bridgehead atoms. The second-order valence-corrected chi connectivity index (χ2v) is 7.58. The summed E-state index contributed by atoms with van der Waals surface area (Å²) in [6.07, 6.45) is 5.86. The molecule has 1 aromatic carbocycles. The summed E-state index contributed by atoms with van der Waals surface area (Å²) >= 11 is 0. The van der Waals surface area contributed by atoms with E-state index in [0.717, 1.165) is 37.2 Å². The summed E-state index contributed by atoms with van der Waals surface area (Å²) in [4.78, 5) is 23.1. The molecule has 1 aromatic heterocycles. The first-order valence-electron chi connectivity index (χ1n) is 9.99. The van der Waals surface area contributed by atoms with Gasteiger partial charge in [0.05, 0.1) is 5.56 Å². The number of piperidine rings is 1. The number of halogens is 1. The third-order valence-electron chi connectivity index (χ3n) is 5.90. The summed E-state index contributed by atoms with van der Waals surface area (Å²) in [5.41, 5.74) is 8.20. The predicted molar refractivity (Wildman–Crippen MR) is 104 cm³/mol. The minimum absolute atomic E-state index is 0.000268. The SMILES string of the molecule is CCc1ncc(C(=O)N2CCC(C3NNCC3c3cccc(F)c3)CC2)cn1. The van der Waals surface area contributed by atoms with Gasteiger partial charge in [-0.2, -0.15) is 0 Å². The van der Waals surface area contributed by atoms with Gasteiger partial charge in [0.2, 0.25) is 0 Å². The lowest BCUT2D eigenvalue weighted by Gasteiger charge is -2.36. The summed E-state index contributed by atoms with van der Waals surface area (Å²) in [5, 5.41) is 0. The van der Waals surface area contributed by atoms with E-state index in [2.05, 4.69) is 20.8 Å². The summed E-state index contributed by atoms with van der Waals surface area (Å²) < 4.78 is 13.6. The number of nitrogens with one attached hydrogen (secondary N) is 2. The number of rotatable bonds is 4. The molecule has 7 heteroatoms. The quantitative estimate of drug-likeness (QED) is 0.848. The highest BCUT2D eigenvalue weighted by Gasteiger charge is 2.37. The molecule has 2 aliphatic rings. The van der Waals surface area contributed by atoms with Crippen LogP contribution in [0.3, 0.4) is 0 Å². The van der Waals surface area contributed by atoms with Crippen LogP contribution in [0.4, 0.5) is 4.39 Å². The molecule has 0 radical (unpaired) electrons. The molecule has 2 N–H and O–H groups in total. The summed E-state index contributed by atoms with van der Waals surface area (Å²) in [6.45, 7) is 4.21. The second kappa shape index (κ2) is 8.32. The third-order valence-corrected chi connectivity index (χ3v) is 5.90. The van der Waals surface area contributed by atoms with Crippen LogP contribution in [0.15, 0.2) is 36.7 Å². The number of hydrazine groups is 1. The largest absolute Gasteiger partial charge is 0.339 e. The molecular formula is C21H26FN5O. The summed E-state index contributed by atoms with van der Waals surface area (Å²) in [7, 11) is 0. The van der Waals surface area contributed by atoms with Gasteiger partial charge in [0.15, 0.2) is 0 Å². The van der Waals surface area contributed by atoms with Crippen LogP contribution in [-0.4, -0.2) is 46.5 Å². The first kappa shape index (κ1) is 19.0. The Bertz CT molecular complexity index is 820. The molecule has 2 aromatic rings. The fraction of sp³-hybridized carbons (Fsp3) is 0.476. The predicted octanol–water partition coefficient (Wildman–Crippen LogP) is 2.29. The highest BCUT2D eigenvalue weighted by Crippen LogP contribution is 2.32. The molecule has 0 saturated carbocycles. The van der Waals surface area contributed by atoms with E-state index in [1.165, 1.54) is 6.07 Å². The second-order valence-electron chi connectivity index (χ2n) is 7.58. The van der Waals surface area contributed by atoms with Gasteiger partial charge in [-0.1, -0.05) is 19.1 Å². The Hall–Kier alpha value is -2.38. The van der Waals surface area contributed by atoms with Gasteiger partial charge < -0.3 is 4.90 Å². The van der Waals surface area contributed by atoms with E-state index in [-0.39, 0.29) is 23.7 Å². The minimum Gasteiger partial charge on any atom is -0.339 e. The van der Waals surface area contributed by atoms with Crippen LogP contribution in [-0.2, 0) is 6.42 Å². The lowest BCUT2D eigenvalue weighted by Crippen LogP contribution is -2.45. The van der Waals surface area contributed by atoms with Crippen LogP contribution in [0.5, 0.6) is 0 Å². The molecule has 0 aliphatic carbocycles. The van der Waals surface area contributed by atoms with E-state index >= 15 is 0 Å². The van der Waals surface area contributed by atoms with Crippen molar-refractivity contribution in [2.45, 2.75) is 38.1 Å². The number of carbonyl (C=O) groups is 1. The zero-order valence-corrected chi connectivity index (χ0v) is 16.1. The molecule has 148 valence electrons. The molecule has 4 rings (SSSR count). The lowest BCUT2D eigenvalue weighted by atomic mass is 9.80. The van der Waals surface area contributed by atoms with Crippen molar-refractivity contribution in [3.63, 3.8) is 0 Å². The third kappa shape index (κ3) is 3.91. The van der Waals surface area contributed by atoms with E-state index in [9.17, 15) is 9.18 Å². The number of benzene rings is 1. The fourth-order valence-corrected chi connectivity index (χ4v) is 4.32. The van der Waals surface area contributed by atoms with Crippen LogP contribution in [0, 0.1) is 11.7 Å². The van der Waals surface area contributed by atoms with Crippen LogP contribution >= 0.6 is 0 Å². The van der Waals surface area contributed by atoms with E-state index in [1.807, 2.05) is 17.9 Å². The zero-order chi connectivity index (χ0) is 19.5. The highest BCUT2D eigenvalue weighted by atomic mass is 19.1. The van der Waals surface area contributed by atoms with Gasteiger partial charge in [0, 0.05) is 50.4 Å². The van der Waals surface area contributed by atoms with Crippen molar-refractivity contribution in [1.29, 1.82) is 0 Å². The standard InChI is InChI=1S/C21H26FN5O/c1-2-19-23-11-16(12-24-19)21(28)27-8-6-14(7-9-27)20-18(13-25-26-20)15-4-3-5-17(22)10-15/h3-5,10-12,14,18,20,25-26H,2,6-9,13H2,1H3. The number of amides is 1. The van der Waals surface area contributed by atoms with Crippen molar-refractivity contribution in [2.75, 3.05) is 19.6 Å². The van der Waals surface area contributed by atoms with Crippen LogP contribution in [0.2, 0.25) is 0 Å². The normalized spacial score (nSPS) is 23.1. The maximum Gasteiger partial charge on any atom is 0.256 e. The van der Waals surface area contributed by atoms with E-state index in [1.54, 1.807) is 24.5 Å². The fourth-order valence-electron chi connectivity index (χ4n) is 4.32. The van der Waals surface area contributed by atoms with Gasteiger partial charge in [-0.05, 0) is 36.5 Å². The average molecular weight is 383 g/mol. The van der Waals surface area contributed by atoms with Gasteiger partial charge in [-0.25, -0.2) is 14.4 Å². The molecule has 2 atom stereocenters. The topological polar surface area (TPSA) is 70.2 Å². The smallest absolute Gasteiger partial charge is 0.256 e. The summed E-state index contributed by atoms with van der Waals surface area (Å²) in [6, 6.07) is 7.12. The molecule has 28 heavy (non-hydrogen) atoms. The average Bonchev–Trinajstić information content (AvgIpc) is 3.23. The van der Waals surface area contributed by atoms with Gasteiger partial charge in [-0.15, -0.1) is 0 Å². The van der Waals surface area contributed by atoms with Crippen LogP contribution in [0.25, 0.3) is 0 Å². The molecule has 2 unspecified atom stereocenters. The number of aryl methyl sites for hydroxylation is 1. The first-order chi connectivity index (χ1) is 13.7. The van der Waals surface area contributed by atoms with E-state index in [0.29, 0.717) is 24.6 Å². The minimum atomic E-state index is -0.195. The molecule has 1 amide bonds. The number of aromatic nitrogens is 2. The van der Waals surface area contributed by atoms with Crippen LogP contribution < -0.4 is 10.9 Å². The Morgan fingerprint density at radius 3 is 2.68 bits per heavy atom. The van der Waals surface area contributed by atoms with Gasteiger partial charge in [0.25, 0.3) is 5.91 Å². The maximum absolute atomic E-state index is 13.6. The van der Waals surface area contributed by atoms with Gasteiger partial charge in [0.1, 0.15) is 11.6 Å². The molecular weight excluding hydrogens is 357 g/mol. The Kier molecular flexibility index (Phi) is 5.64. The van der Waals surface area contributed by atoms with Crippen molar-refractivity contribution in [3.8, 4) is 0 Å².